The Morgan fingerprint density at radius 3 is 2.48 bits per heavy atom. The van der Waals surface area contributed by atoms with E-state index in [-0.39, 0.29) is 18.2 Å². The highest BCUT2D eigenvalue weighted by atomic mass is 16.7. The van der Waals surface area contributed by atoms with Crippen LogP contribution < -0.4 is 0 Å². The third-order valence-corrected chi connectivity index (χ3v) is 6.45. The van der Waals surface area contributed by atoms with Gasteiger partial charge in [0.15, 0.2) is 11.6 Å². The zero-order valence-corrected chi connectivity index (χ0v) is 18.9. The van der Waals surface area contributed by atoms with Gasteiger partial charge in [0.25, 0.3) is 0 Å². The predicted molar refractivity (Wildman–Crippen MR) is 117 cm³/mol. The number of ketones is 1. The van der Waals surface area contributed by atoms with Crippen molar-refractivity contribution in [2.75, 3.05) is 6.61 Å². The number of esters is 1. The van der Waals surface area contributed by atoms with Crippen LogP contribution in [-0.4, -0.2) is 47.1 Å². The second-order valence-corrected chi connectivity index (χ2v) is 9.27. The number of carbonyl (C=O) groups is 2. The lowest BCUT2D eigenvalue weighted by atomic mass is 9.92. The lowest BCUT2D eigenvalue weighted by Gasteiger charge is -2.41. The highest BCUT2D eigenvalue weighted by Crippen LogP contribution is 2.47. The molecule has 3 aliphatic rings. The predicted octanol–water partition coefficient (Wildman–Crippen LogP) is 4.54. The molecule has 0 aromatic heterocycles. The highest BCUT2D eigenvalue weighted by molar-refractivity contribution is 6.00. The minimum Gasteiger partial charge on any atom is -0.466 e. The van der Waals surface area contributed by atoms with Gasteiger partial charge in [-0.1, -0.05) is 51.9 Å². The molecule has 3 rings (SSSR count). The van der Waals surface area contributed by atoms with Gasteiger partial charge >= 0.3 is 5.97 Å². The van der Waals surface area contributed by atoms with Crippen molar-refractivity contribution >= 4 is 11.8 Å². The second-order valence-electron chi connectivity index (χ2n) is 9.27. The minimum absolute atomic E-state index is 0.0584. The van der Waals surface area contributed by atoms with Crippen molar-refractivity contribution in [3.8, 4) is 0 Å². The molecular formula is C25H38O6. The molecule has 31 heavy (non-hydrogen) atoms. The zero-order chi connectivity index (χ0) is 22.2. The van der Waals surface area contributed by atoms with E-state index in [0.717, 1.165) is 12.8 Å². The lowest BCUT2D eigenvalue weighted by molar-refractivity contribution is -0.291. The number of rotatable bonds is 11. The molecular weight excluding hydrogens is 396 g/mol. The topological polar surface area (TPSA) is 82.1 Å². The quantitative estimate of drug-likeness (QED) is 0.380. The van der Waals surface area contributed by atoms with Crippen molar-refractivity contribution in [2.45, 2.75) is 114 Å². The van der Waals surface area contributed by atoms with Gasteiger partial charge in [-0.05, 0) is 37.1 Å². The number of unbranched alkanes of at least 4 members (excludes halogenated alkanes) is 7. The molecule has 6 heteroatoms. The normalized spacial score (nSPS) is 29.2. The molecule has 0 bridgehead atoms. The third-order valence-electron chi connectivity index (χ3n) is 6.45. The molecule has 1 aliphatic carbocycles. The summed E-state index contributed by atoms with van der Waals surface area (Å²) in [6.07, 6.45) is 17.3. The fourth-order valence-electron chi connectivity index (χ4n) is 4.79. The van der Waals surface area contributed by atoms with Crippen molar-refractivity contribution < 1.29 is 28.9 Å². The van der Waals surface area contributed by atoms with Crippen molar-refractivity contribution in [1.29, 1.82) is 0 Å². The molecule has 2 spiro atoms. The van der Waals surface area contributed by atoms with Gasteiger partial charge in [0.05, 0.1) is 25.2 Å². The molecule has 0 aromatic rings. The SMILES string of the molecule is CCCCCCCCCCOC(=O)CC1CC(O)C[C@@]2(CCC3(C=CC(=O)C=C3)O2)O1. The first kappa shape index (κ1) is 24.1. The Morgan fingerprint density at radius 2 is 1.77 bits per heavy atom. The van der Waals surface area contributed by atoms with Crippen LogP contribution in [0.4, 0.5) is 0 Å². The van der Waals surface area contributed by atoms with E-state index in [1.807, 2.05) is 0 Å². The summed E-state index contributed by atoms with van der Waals surface area (Å²) in [5.41, 5.74) is -0.660. The van der Waals surface area contributed by atoms with Crippen LogP contribution in [0.25, 0.3) is 0 Å². The van der Waals surface area contributed by atoms with E-state index in [0.29, 0.717) is 32.3 Å². The summed E-state index contributed by atoms with van der Waals surface area (Å²) in [5, 5.41) is 10.4. The van der Waals surface area contributed by atoms with Crippen LogP contribution in [0.5, 0.6) is 0 Å². The molecule has 0 aromatic carbocycles. The van der Waals surface area contributed by atoms with Crippen molar-refractivity contribution in [3.63, 3.8) is 0 Å². The first-order chi connectivity index (χ1) is 14.9. The van der Waals surface area contributed by atoms with Gasteiger partial charge in [-0.25, -0.2) is 0 Å². The molecule has 3 atom stereocenters. The van der Waals surface area contributed by atoms with Crippen molar-refractivity contribution in [2.24, 2.45) is 0 Å². The van der Waals surface area contributed by atoms with Crippen LogP contribution in [-0.2, 0) is 23.8 Å². The maximum absolute atomic E-state index is 12.3. The van der Waals surface area contributed by atoms with E-state index >= 15 is 0 Å². The Morgan fingerprint density at radius 1 is 1.10 bits per heavy atom. The fourth-order valence-corrected chi connectivity index (χ4v) is 4.79. The number of aliphatic hydroxyl groups is 1. The van der Waals surface area contributed by atoms with Crippen molar-refractivity contribution in [1.82, 2.24) is 0 Å². The summed E-state index contributed by atoms with van der Waals surface area (Å²) >= 11 is 0. The number of carbonyl (C=O) groups excluding carboxylic acids is 2. The van der Waals surface area contributed by atoms with Crippen LogP contribution in [0.3, 0.4) is 0 Å². The van der Waals surface area contributed by atoms with Gasteiger partial charge in [-0.15, -0.1) is 0 Å². The lowest BCUT2D eigenvalue weighted by Crippen LogP contribution is -2.48. The largest absolute Gasteiger partial charge is 0.466 e. The highest BCUT2D eigenvalue weighted by Gasteiger charge is 2.52. The zero-order valence-electron chi connectivity index (χ0n) is 18.9. The molecule has 6 nitrogen and oxygen atoms in total. The monoisotopic (exact) mass is 434 g/mol. The van der Waals surface area contributed by atoms with Crippen LogP contribution in [0.1, 0.15) is 90.4 Å². The Balaban J connectivity index is 1.37. The number of allylic oxidation sites excluding steroid dienone is 2. The van der Waals surface area contributed by atoms with E-state index < -0.39 is 23.6 Å². The van der Waals surface area contributed by atoms with Gasteiger partial charge in [0.2, 0.25) is 0 Å². The molecule has 0 radical (unpaired) electrons. The summed E-state index contributed by atoms with van der Waals surface area (Å²) in [5.74, 6) is -1.26. The van der Waals surface area contributed by atoms with E-state index in [2.05, 4.69) is 6.92 Å². The van der Waals surface area contributed by atoms with E-state index in [1.54, 1.807) is 12.2 Å². The average Bonchev–Trinajstić information content (AvgIpc) is 3.05. The minimum atomic E-state index is -0.921. The number of hydrogen-bond donors (Lipinski definition) is 1. The smallest absolute Gasteiger partial charge is 0.308 e. The molecule has 0 amide bonds. The number of aliphatic hydroxyl groups excluding tert-OH is 1. The van der Waals surface area contributed by atoms with Crippen LogP contribution in [0.15, 0.2) is 24.3 Å². The van der Waals surface area contributed by atoms with Gasteiger partial charge in [-0.3, -0.25) is 9.59 Å². The number of hydrogen-bond acceptors (Lipinski definition) is 6. The Labute approximate surface area is 186 Å². The van der Waals surface area contributed by atoms with Crippen LogP contribution >= 0.6 is 0 Å². The fraction of sp³-hybridized carbons (Fsp3) is 0.760. The summed E-state index contributed by atoms with van der Waals surface area (Å²) in [4.78, 5) is 23.7. The Bertz CT molecular complexity index is 653. The van der Waals surface area contributed by atoms with Crippen LogP contribution in [0.2, 0.25) is 0 Å². The molecule has 2 aliphatic heterocycles. The summed E-state index contributed by atoms with van der Waals surface area (Å²) in [6, 6.07) is 0. The molecule has 2 fully saturated rings. The second kappa shape index (κ2) is 11.4. The first-order valence-corrected chi connectivity index (χ1v) is 12.1. The third kappa shape index (κ3) is 7.26. The molecule has 2 unspecified atom stereocenters. The molecule has 2 saturated heterocycles. The maximum Gasteiger partial charge on any atom is 0.308 e. The van der Waals surface area contributed by atoms with Crippen molar-refractivity contribution in [3.05, 3.63) is 24.3 Å². The van der Waals surface area contributed by atoms with Gasteiger partial charge in [0, 0.05) is 19.3 Å². The van der Waals surface area contributed by atoms with Gasteiger partial charge in [0.1, 0.15) is 5.60 Å². The maximum atomic E-state index is 12.3. The molecule has 174 valence electrons. The summed E-state index contributed by atoms with van der Waals surface area (Å²) < 4.78 is 17.8. The summed E-state index contributed by atoms with van der Waals surface area (Å²) in [7, 11) is 0. The molecule has 1 N–H and O–H groups in total. The Hall–Kier alpha value is -1.50. The number of ether oxygens (including phenoxy) is 3. The van der Waals surface area contributed by atoms with Gasteiger partial charge < -0.3 is 19.3 Å². The van der Waals surface area contributed by atoms with Crippen LogP contribution in [0, 0.1) is 0 Å². The van der Waals surface area contributed by atoms with E-state index in [9.17, 15) is 14.7 Å². The molecule has 0 saturated carbocycles. The van der Waals surface area contributed by atoms with Gasteiger partial charge in [-0.2, -0.15) is 0 Å². The molecule has 2 heterocycles. The standard InChI is InChI=1S/C25H38O6/c1-2-3-4-5-6-7-8-9-16-29-23(28)18-22-17-21(27)19-25(30-22)15-14-24(31-25)12-10-20(26)11-13-24/h10-13,21-22,27H,2-9,14-19H2,1H3/t21?,22?,25-/m0/s1. The van der Waals surface area contributed by atoms with E-state index in [1.165, 1.54) is 50.7 Å². The first-order valence-electron chi connectivity index (χ1n) is 12.1. The Kier molecular flexibility index (Phi) is 8.87. The van der Waals surface area contributed by atoms with E-state index in [4.69, 9.17) is 14.2 Å². The average molecular weight is 435 g/mol. The summed E-state index contributed by atoms with van der Waals surface area (Å²) in [6.45, 7) is 2.66.